The number of carbonyl (C=O) groups excluding carboxylic acids is 2. The van der Waals surface area contributed by atoms with Crippen molar-refractivity contribution in [1.29, 1.82) is 0 Å². The molecule has 1 aliphatic rings. The number of halogens is 1. The van der Waals surface area contributed by atoms with Gasteiger partial charge < -0.3 is 24.1 Å². The second-order valence-corrected chi connectivity index (χ2v) is 8.04. The Labute approximate surface area is 195 Å². The Morgan fingerprint density at radius 3 is 2.55 bits per heavy atom. The molecule has 0 saturated heterocycles. The van der Waals surface area contributed by atoms with Gasteiger partial charge in [0.05, 0.1) is 36.1 Å². The molecule has 1 N–H and O–H groups in total. The minimum atomic E-state index is -0.695. The van der Waals surface area contributed by atoms with E-state index in [0.717, 1.165) is 6.42 Å². The molecule has 10 heteroatoms. The fourth-order valence-electron chi connectivity index (χ4n) is 3.33. The van der Waals surface area contributed by atoms with E-state index in [1.54, 1.807) is 24.3 Å². The van der Waals surface area contributed by atoms with Gasteiger partial charge in [-0.2, -0.15) is 4.98 Å². The lowest BCUT2D eigenvalue weighted by molar-refractivity contribution is -0.117. The van der Waals surface area contributed by atoms with Crippen molar-refractivity contribution in [1.82, 2.24) is 10.1 Å². The van der Waals surface area contributed by atoms with E-state index in [1.165, 1.54) is 26.4 Å². The van der Waals surface area contributed by atoms with Crippen LogP contribution in [0.2, 0.25) is 5.02 Å². The predicted octanol–water partition coefficient (Wildman–Crippen LogP) is 4.36. The number of hydrogen-bond acceptors (Lipinski definition) is 8. The Morgan fingerprint density at radius 2 is 1.88 bits per heavy atom. The summed E-state index contributed by atoms with van der Waals surface area (Å²) in [6.45, 7) is 1.75. The molecule has 2 aromatic carbocycles. The van der Waals surface area contributed by atoms with Crippen LogP contribution in [0.5, 0.6) is 11.5 Å². The quantitative estimate of drug-likeness (QED) is 0.482. The molecule has 3 aromatic rings. The van der Waals surface area contributed by atoms with Gasteiger partial charge in [0, 0.05) is 18.1 Å². The van der Waals surface area contributed by atoms with Gasteiger partial charge in [0.25, 0.3) is 5.89 Å². The highest BCUT2D eigenvalue weighted by molar-refractivity contribution is 6.33. The number of nitrogens with one attached hydrogen (secondary N) is 1. The molecule has 9 nitrogen and oxygen atoms in total. The molecular weight excluding hydrogens is 450 g/mol. The van der Waals surface area contributed by atoms with Crippen LogP contribution in [0.1, 0.15) is 29.5 Å². The molecule has 0 bridgehead atoms. The number of hydrogen-bond donors (Lipinski definition) is 1. The third-order valence-corrected chi connectivity index (χ3v) is 5.68. The molecule has 1 aromatic heterocycles. The van der Waals surface area contributed by atoms with Crippen molar-refractivity contribution in [2.24, 2.45) is 11.8 Å². The highest BCUT2D eigenvalue weighted by atomic mass is 35.5. The number of benzene rings is 2. The van der Waals surface area contributed by atoms with Crippen LogP contribution >= 0.6 is 11.6 Å². The molecule has 0 aliphatic heterocycles. The van der Waals surface area contributed by atoms with Gasteiger partial charge in [0.15, 0.2) is 18.1 Å². The van der Waals surface area contributed by atoms with Crippen molar-refractivity contribution in [3.8, 4) is 23.0 Å². The van der Waals surface area contributed by atoms with Crippen LogP contribution < -0.4 is 14.8 Å². The highest BCUT2D eigenvalue weighted by Gasteiger charge is 2.39. The molecule has 1 fully saturated rings. The molecule has 1 heterocycles. The van der Waals surface area contributed by atoms with E-state index in [-0.39, 0.29) is 41.4 Å². The van der Waals surface area contributed by atoms with Crippen molar-refractivity contribution < 1.29 is 28.3 Å². The summed E-state index contributed by atoms with van der Waals surface area (Å²) in [5, 5.41) is 7.09. The fraction of sp³-hybridized carbons (Fsp3) is 0.304. The number of anilines is 1. The molecule has 0 spiro atoms. The smallest absolute Gasteiger partial charge is 0.340 e. The number of methoxy groups -OCH3 is 2. The van der Waals surface area contributed by atoms with E-state index in [1.807, 2.05) is 6.92 Å². The first kappa shape index (κ1) is 22.6. The van der Waals surface area contributed by atoms with Crippen LogP contribution in [-0.2, 0) is 16.1 Å². The van der Waals surface area contributed by atoms with Crippen LogP contribution in [0, 0.1) is 11.8 Å². The maximum atomic E-state index is 12.9. The van der Waals surface area contributed by atoms with Gasteiger partial charge in [0.1, 0.15) is 0 Å². The molecular formula is C23H22ClN3O6. The van der Waals surface area contributed by atoms with Crippen molar-refractivity contribution in [2.45, 2.75) is 20.0 Å². The number of nitrogens with zero attached hydrogens (tertiary/aromatic N) is 2. The summed E-state index contributed by atoms with van der Waals surface area (Å²) in [6.07, 6.45) is 0.810. The number of aromatic nitrogens is 2. The van der Waals surface area contributed by atoms with E-state index >= 15 is 0 Å². The van der Waals surface area contributed by atoms with Crippen LogP contribution in [0.15, 0.2) is 40.9 Å². The van der Waals surface area contributed by atoms with Crippen LogP contribution in [0.4, 0.5) is 5.69 Å². The standard InChI is InChI=1S/C23H22ClN3O6/c1-12-8-14(12)21(28)25-17-10-19(31-3)18(30-2)9-15(17)23(29)32-11-20-26-22(33-27-20)13-6-4-5-7-16(13)24/h4-7,9-10,12,14H,8,11H2,1-3H3,(H,25,28). The van der Waals surface area contributed by atoms with Gasteiger partial charge in [-0.3, -0.25) is 4.79 Å². The maximum absolute atomic E-state index is 12.9. The molecule has 2 atom stereocenters. The summed E-state index contributed by atoms with van der Waals surface area (Å²) in [6, 6.07) is 10.0. The lowest BCUT2D eigenvalue weighted by atomic mass is 10.1. The van der Waals surface area contributed by atoms with Gasteiger partial charge in [0.2, 0.25) is 11.7 Å². The highest BCUT2D eigenvalue weighted by Crippen LogP contribution is 2.40. The number of amides is 1. The Hall–Kier alpha value is -3.59. The van der Waals surface area contributed by atoms with E-state index in [9.17, 15) is 9.59 Å². The normalized spacial score (nSPS) is 16.7. The SMILES string of the molecule is COc1cc(NC(=O)C2CC2C)c(C(=O)OCc2noc(-c3ccccc3Cl)n2)cc1OC. The zero-order chi connectivity index (χ0) is 23.5. The number of ether oxygens (including phenoxy) is 3. The summed E-state index contributed by atoms with van der Waals surface area (Å²) in [4.78, 5) is 29.6. The number of carbonyl (C=O) groups is 2. The van der Waals surface area contributed by atoms with Crippen molar-refractivity contribution in [2.75, 3.05) is 19.5 Å². The van der Waals surface area contributed by atoms with Crippen LogP contribution in [0.3, 0.4) is 0 Å². The average molecular weight is 472 g/mol. The first-order valence-electron chi connectivity index (χ1n) is 10.2. The summed E-state index contributed by atoms with van der Waals surface area (Å²) in [7, 11) is 2.92. The third kappa shape index (κ3) is 4.93. The van der Waals surface area contributed by atoms with Crippen molar-refractivity contribution >= 4 is 29.2 Å². The summed E-state index contributed by atoms with van der Waals surface area (Å²) >= 11 is 6.15. The predicted molar refractivity (Wildman–Crippen MR) is 119 cm³/mol. The molecule has 1 aliphatic carbocycles. The zero-order valence-electron chi connectivity index (χ0n) is 18.3. The van der Waals surface area contributed by atoms with E-state index in [4.69, 9.17) is 30.3 Å². The monoisotopic (exact) mass is 471 g/mol. The Kier molecular flexibility index (Phi) is 6.50. The van der Waals surface area contributed by atoms with Gasteiger partial charge in [-0.25, -0.2) is 4.79 Å². The third-order valence-electron chi connectivity index (χ3n) is 5.35. The lowest BCUT2D eigenvalue weighted by Gasteiger charge is -2.15. The van der Waals surface area contributed by atoms with Gasteiger partial charge in [-0.05, 0) is 24.5 Å². The van der Waals surface area contributed by atoms with E-state index in [0.29, 0.717) is 28.0 Å². The minimum absolute atomic E-state index is 0.0791. The number of rotatable bonds is 8. The van der Waals surface area contributed by atoms with Crippen LogP contribution in [-0.4, -0.2) is 36.2 Å². The molecule has 0 radical (unpaired) electrons. The van der Waals surface area contributed by atoms with E-state index in [2.05, 4.69) is 15.5 Å². The Bertz CT molecular complexity index is 1190. The molecule has 2 unspecified atom stereocenters. The zero-order valence-corrected chi connectivity index (χ0v) is 19.0. The topological polar surface area (TPSA) is 113 Å². The maximum Gasteiger partial charge on any atom is 0.340 e. The van der Waals surface area contributed by atoms with E-state index < -0.39 is 5.97 Å². The lowest BCUT2D eigenvalue weighted by Crippen LogP contribution is -2.18. The molecule has 1 saturated carbocycles. The minimum Gasteiger partial charge on any atom is -0.493 e. The van der Waals surface area contributed by atoms with Crippen molar-refractivity contribution in [3.63, 3.8) is 0 Å². The number of esters is 1. The summed E-state index contributed by atoms with van der Waals surface area (Å²) < 4.78 is 21.2. The Balaban J connectivity index is 1.52. The first-order valence-corrected chi connectivity index (χ1v) is 10.6. The largest absolute Gasteiger partial charge is 0.493 e. The van der Waals surface area contributed by atoms with Gasteiger partial charge in [-0.15, -0.1) is 0 Å². The summed E-state index contributed by atoms with van der Waals surface area (Å²) in [5.74, 6) is 0.445. The second kappa shape index (κ2) is 9.50. The van der Waals surface area contributed by atoms with Crippen LogP contribution in [0.25, 0.3) is 11.5 Å². The average Bonchev–Trinajstić information content (AvgIpc) is 3.37. The molecule has 4 rings (SSSR count). The van der Waals surface area contributed by atoms with Gasteiger partial charge in [-0.1, -0.05) is 35.8 Å². The molecule has 172 valence electrons. The molecule has 1 amide bonds. The summed E-state index contributed by atoms with van der Waals surface area (Å²) in [5.41, 5.74) is 0.958. The first-order chi connectivity index (χ1) is 15.9. The fourth-order valence-corrected chi connectivity index (χ4v) is 3.55. The van der Waals surface area contributed by atoms with Crippen molar-refractivity contribution in [3.05, 3.63) is 52.8 Å². The Morgan fingerprint density at radius 1 is 1.18 bits per heavy atom. The molecule has 33 heavy (non-hydrogen) atoms. The van der Waals surface area contributed by atoms with Gasteiger partial charge >= 0.3 is 5.97 Å². The second-order valence-electron chi connectivity index (χ2n) is 7.63.